The van der Waals surface area contributed by atoms with Crippen LogP contribution < -0.4 is 5.32 Å². The summed E-state index contributed by atoms with van der Waals surface area (Å²) in [5.74, 6) is 1.85. The van der Waals surface area contributed by atoms with Crippen molar-refractivity contribution in [1.29, 1.82) is 0 Å². The van der Waals surface area contributed by atoms with Crippen molar-refractivity contribution in [3.05, 3.63) is 0 Å². The largest absolute Gasteiger partial charge is 0.313 e. The molecule has 2 bridgehead atoms. The van der Waals surface area contributed by atoms with E-state index in [4.69, 9.17) is 0 Å². The standard InChI is InChI=1S/C17H32N2/c1-5-19-9-7-13(12-19)11-18-15-16(2,3)14-6-8-17(15,4)10-14/h13-15,18H,5-12H2,1-4H3/t13?,14-,15?,17+/m0/s1. The minimum atomic E-state index is 0.510. The fourth-order valence-corrected chi connectivity index (χ4v) is 5.46. The van der Waals surface area contributed by atoms with Gasteiger partial charge in [0.05, 0.1) is 0 Å². The normalized spacial score (nSPS) is 45.2. The third-order valence-corrected chi connectivity index (χ3v) is 6.70. The van der Waals surface area contributed by atoms with Crippen molar-refractivity contribution in [3.63, 3.8) is 0 Å². The fraction of sp³-hybridized carbons (Fsp3) is 1.00. The second-order valence-corrected chi connectivity index (χ2v) is 8.30. The third kappa shape index (κ3) is 2.25. The monoisotopic (exact) mass is 264 g/mol. The number of hydrogen-bond acceptors (Lipinski definition) is 2. The van der Waals surface area contributed by atoms with Gasteiger partial charge < -0.3 is 10.2 Å². The summed E-state index contributed by atoms with van der Waals surface area (Å²) in [6.45, 7) is 14.9. The van der Waals surface area contributed by atoms with E-state index in [9.17, 15) is 0 Å². The maximum Gasteiger partial charge on any atom is 0.0175 e. The maximum absolute atomic E-state index is 4.00. The molecule has 3 rings (SSSR count). The molecule has 3 aliphatic rings. The average Bonchev–Trinajstić information content (AvgIpc) is 2.99. The number of nitrogens with one attached hydrogen (secondary N) is 1. The maximum atomic E-state index is 4.00. The Morgan fingerprint density at radius 2 is 2.00 bits per heavy atom. The van der Waals surface area contributed by atoms with Crippen LogP contribution >= 0.6 is 0 Å². The molecule has 4 atom stereocenters. The number of hydrogen-bond donors (Lipinski definition) is 1. The lowest BCUT2D eigenvalue weighted by Crippen LogP contribution is -2.51. The zero-order chi connectivity index (χ0) is 13.7. The Kier molecular flexibility index (Phi) is 3.46. The first-order valence-corrected chi connectivity index (χ1v) is 8.41. The van der Waals surface area contributed by atoms with E-state index < -0.39 is 0 Å². The van der Waals surface area contributed by atoms with Crippen molar-refractivity contribution < 1.29 is 0 Å². The summed E-state index contributed by atoms with van der Waals surface area (Å²) in [4.78, 5) is 2.60. The number of fused-ring (bicyclic) bond motifs is 2. The molecule has 2 unspecified atom stereocenters. The Balaban J connectivity index is 1.58. The first-order chi connectivity index (χ1) is 8.95. The van der Waals surface area contributed by atoms with Crippen LogP contribution in [0.5, 0.6) is 0 Å². The molecule has 1 saturated heterocycles. The smallest absolute Gasteiger partial charge is 0.0175 e. The molecule has 0 radical (unpaired) electrons. The molecule has 1 aliphatic heterocycles. The minimum Gasteiger partial charge on any atom is -0.313 e. The Hall–Kier alpha value is -0.0800. The van der Waals surface area contributed by atoms with Crippen LogP contribution in [0.2, 0.25) is 0 Å². The first-order valence-electron chi connectivity index (χ1n) is 8.41. The topological polar surface area (TPSA) is 15.3 Å². The molecule has 0 aromatic heterocycles. The van der Waals surface area contributed by atoms with Crippen molar-refractivity contribution in [2.24, 2.45) is 22.7 Å². The van der Waals surface area contributed by atoms with Gasteiger partial charge in [-0.1, -0.05) is 27.7 Å². The van der Waals surface area contributed by atoms with Crippen molar-refractivity contribution >= 4 is 0 Å². The predicted molar refractivity (Wildman–Crippen MR) is 81.2 cm³/mol. The number of likely N-dealkylation sites (tertiary alicyclic amines) is 1. The highest BCUT2D eigenvalue weighted by Crippen LogP contribution is 2.62. The van der Waals surface area contributed by atoms with E-state index in [-0.39, 0.29) is 0 Å². The van der Waals surface area contributed by atoms with Crippen LogP contribution in [-0.4, -0.2) is 37.1 Å². The minimum absolute atomic E-state index is 0.510. The summed E-state index contributed by atoms with van der Waals surface area (Å²) in [7, 11) is 0. The molecule has 2 heteroatoms. The lowest BCUT2D eigenvalue weighted by Gasteiger charge is -2.43. The fourth-order valence-electron chi connectivity index (χ4n) is 5.46. The zero-order valence-corrected chi connectivity index (χ0v) is 13.3. The second kappa shape index (κ2) is 4.73. The Labute approximate surface area is 119 Å². The van der Waals surface area contributed by atoms with Crippen LogP contribution in [0.4, 0.5) is 0 Å². The van der Waals surface area contributed by atoms with Crippen molar-refractivity contribution in [3.8, 4) is 0 Å². The summed E-state index contributed by atoms with van der Waals surface area (Å²) >= 11 is 0. The van der Waals surface area contributed by atoms with Gasteiger partial charge in [0.1, 0.15) is 0 Å². The van der Waals surface area contributed by atoms with Crippen LogP contribution in [0.1, 0.15) is 53.4 Å². The van der Waals surface area contributed by atoms with E-state index in [1.54, 1.807) is 0 Å². The van der Waals surface area contributed by atoms with Gasteiger partial charge >= 0.3 is 0 Å². The summed E-state index contributed by atoms with van der Waals surface area (Å²) in [5, 5.41) is 4.00. The van der Waals surface area contributed by atoms with E-state index >= 15 is 0 Å². The van der Waals surface area contributed by atoms with Crippen LogP contribution in [0.3, 0.4) is 0 Å². The van der Waals surface area contributed by atoms with Gasteiger partial charge in [-0.15, -0.1) is 0 Å². The molecule has 0 amide bonds. The van der Waals surface area contributed by atoms with E-state index in [1.165, 1.54) is 51.9 Å². The third-order valence-electron chi connectivity index (χ3n) is 6.70. The quantitative estimate of drug-likeness (QED) is 0.839. The van der Waals surface area contributed by atoms with Crippen LogP contribution in [0, 0.1) is 22.7 Å². The molecule has 110 valence electrons. The lowest BCUT2D eigenvalue weighted by atomic mass is 9.68. The molecule has 2 saturated carbocycles. The van der Waals surface area contributed by atoms with Crippen molar-refractivity contribution in [2.75, 3.05) is 26.2 Å². The zero-order valence-electron chi connectivity index (χ0n) is 13.3. The Morgan fingerprint density at radius 1 is 1.21 bits per heavy atom. The molecule has 2 nitrogen and oxygen atoms in total. The molecule has 0 aromatic carbocycles. The lowest BCUT2D eigenvalue weighted by molar-refractivity contribution is 0.105. The van der Waals surface area contributed by atoms with Gasteiger partial charge in [0.15, 0.2) is 0 Å². The molecule has 3 fully saturated rings. The summed E-state index contributed by atoms with van der Waals surface area (Å²) in [5.41, 5.74) is 1.09. The molecular weight excluding hydrogens is 232 g/mol. The highest BCUT2D eigenvalue weighted by Gasteiger charge is 2.58. The van der Waals surface area contributed by atoms with Crippen molar-refractivity contribution in [2.45, 2.75) is 59.4 Å². The van der Waals surface area contributed by atoms with Crippen LogP contribution in [0.25, 0.3) is 0 Å². The number of rotatable bonds is 4. The van der Waals surface area contributed by atoms with Gasteiger partial charge in [-0.3, -0.25) is 0 Å². The highest BCUT2D eigenvalue weighted by atomic mass is 15.1. The second-order valence-electron chi connectivity index (χ2n) is 8.30. The Morgan fingerprint density at radius 3 is 2.58 bits per heavy atom. The molecule has 19 heavy (non-hydrogen) atoms. The summed E-state index contributed by atoms with van der Waals surface area (Å²) < 4.78 is 0. The number of nitrogens with zero attached hydrogens (tertiary/aromatic N) is 1. The van der Waals surface area contributed by atoms with Gasteiger partial charge in [-0.2, -0.15) is 0 Å². The van der Waals surface area contributed by atoms with Gasteiger partial charge in [-0.25, -0.2) is 0 Å². The van der Waals surface area contributed by atoms with Crippen molar-refractivity contribution in [1.82, 2.24) is 10.2 Å². The van der Waals surface area contributed by atoms with E-state index in [0.717, 1.165) is 17.9 Å². The van der Waals surface area contributed by atoms with Gasteiger partial charge in [0, 0.05) is 12.6 Å². The molecule has 0 aromatic rings. The predicted octanol–water partition coefficient (Wildman–Crippen LogP) is 3.13. The van der Waals surface area contributed by atoms with E-state index in [0.29, 0.717) is 10.8 Å². The van der Waals surface area contributed by atoms with Gasteiger partial charge in [0.2, 0.25) is 0 Å². The molecular formula is C17H32N2. The summed E-state index contributed by atoms with van der Waals surface area (Å²) in [6, 6.07) is 0.745. The van der Waals surface area contributed by atoms with Gasteiger partial charge in [-0.05, 0) is 68.0 Å². The van der Waals surface area contributed by atoms with E-state index in [1.807, 2.05) is 0 Å². The molecule has 1 heterocycles. The Bertz CT molecular complexity index is 333. The van der Waals surface area contributed by atoms with Crippen LogP contribution in [0.15, 0.2) is 0 Å². The van der Waals surface area contributed by atoms with E-state index in [2.05, 4.69) is 37.9 Å². The SMILES string of the molecule is CCN1CCC(CNC2C(C)(C)[C@H]3CC[C@]2(C)C3)C1. The van der Waals surface area contributed by atoms with Crippen LogP contribution in [-0.2, 0) is 0 Å². The molecule has 2 aliphatic carbocycles. The van der Waals surface area contributed by atoms with Gasteiger partial charge in [0.25, 0.3) is 0 Å². The highest BCUT2D eigenvalue weighted by molar-refractivity contribution is 5.12. The molecule has 1 N–H and O–H groups in total. The average molecular weight is 264 g/mol. The molecule has 0 spiro atoms. The summed E-state index contributed by atoms with van der Waals surface area (Å²) in [6.07, 6.45) is 5.77. The first kappa shape index (κ1) is 13.9.